The minimum absolute atomic E-state index is 0.0727. The molecular weight excluding hydrogens is 262 g/mol. The molecule has 0 spiro atoms. The molecule has 0 saturated carbocycles. The molecule has 0 amide bonds. The van der Waals surface area contributed by atoms with Gasteiger partial charge in [0.15, 0.2) is 0 Å². The van der Waals surface area contributed by atoms with Crippen LogP contribution in [0, 0.1) is 0 Å². The Labute approximate surface area is 97.0 Å². The van der Waals surface area contributed by atoms with E-state index in [1.807, 2.05) is 0 Å². The fourth-order valence-corrected chi connectivity index (χ4v) is 1.15. The Morgan fingerprint density at radius 3 is 2.73 bits per heavy atom. The number of halogens is 1. The van der Waals surface area contributed by atoms with Crippen molar-refractivity contribution in [1.82, 2.24) is 9.97 Å². The van der Waals surface area contributed by atoms with Crippen molar-refractivity contribution in [2.24, 2.45) is 0 Å². The largest absolute Gasteiger partial charge is 0.394 e. The van der Waals surface area contributed by atoms with Crippen molar-refractivity contribution < 1.29 is 9.84 Å². The van der Waals surface area contributed by atoms with Gasteiger partial charge in [-0.1, -0.05) is 0 Å². The second kappa shape index (κ2) is 7.56. The standard InChI is InChI=1S/C9H14BrN3O2/c10-8-6-12-9(13-7-8)11-2-1-4-15-5-3-14/h6-7,14H,1-5H2,(H,11,12,13). The Morgan fingerprint density at radius 1 is 1.33 bits per heavy atom. The number of aliphatic hydroxyl groups is 1. The lowest BCUT2D eigenvalue weighted by Gasteiger charge is -2.04. The number of nitrogens with zero attached hydrogens (tertiary/aromatic N) is 2. The Bertz CT molecular complexity index is 269. The summed E-state index contributed by atoms with van der Waals surface area (Å²) in [5.41, 5.74) is 0. The van der Waals surface area contributed by atoms with Crippen LogP contribution >= 0.6 is 15.9 Å². The van der Waals surface area contributed by atoms with E-state index in [4.69, 9.17) is 9.84 Å². The third-order valence-electron chi connectivity index (χ3n) is 1.60. The monoisotopic (exact) mass is 275 g/mol. The average Bonchev–Trinajstić information content (AvgIpc) is 2.26. The van der Waals surface area contributed by atoms with Crippen LogP contribution in [0.4, 0.5) is 5.95 Å². The molecule has 6 heteroatoms. The smallest absolute Gasteiger partial charge is 0.222 e. The van der Waals surface area contributed by atoms with Gasteiger partial charge in [-0.05, 0) is 22.4 Å². The molecule has 1 aromatic heterocycles. The second-order valence-corrected chi connectivity index (χ2v) is 3.76. The van der Waals surface area contributed by atoms with Gasteiger partial charge in [0.25, 0.3) is 0 Å². The number of aliphatic hydroxyl groups excluding tert-OH is 1. The number of anilines is 1. The topological polar surface area (TPSA) is 67.3 Å². The van der Waals surface area contributed by atoms with Crippen molar-refractivity contribution in [2.45, 2.75) is 6.42 Å². The van der Waals surface area contributed by atoms with Crippen molar-refractivity contribution in [3.63, 3.8) is 0 Å². The molecule has 1 rings (SSSR count). The minimum Gasteiger partial charge on any atom is -0.394 e. The molecule has 5 nitrogen and oxygen atoms in total. The number of hydrogen-bond acceptors (Lipinski definition) is 5. The van der Waals surface area contributed by atoms with E-state index in [1.54, 1.807) is 12.4 Å². The number of rotatable bonds is 7. The summed E-state index contributed by atoms with van der Waals surface area (Å²) in [6.07, 6.45) is 4.24. The van der Waals surface area contributed by atoms with Gasteiger partial charge < -0.3 is 15.2 Å². The minimum atomic E-state index is 0.0727. The van der Waals surface area contributed by atoms with Crippen LogP contribution in [0.1, 0.15) is 6.42 Å². The molecule has 0 fully saturated rings. The van der Waals surface area contributed by atoms with Crippen molar-refractivity contribution in [3.05, 3.63) is 16.9 Å². The predicted octanol–water partition coefficient (Wildman–Crippen LogP) is 1.05. The maximum absolute atomic E-state index is 8.46. The van der Waals surface area contributed by atoms with Crippen molar-refractivity contribution in [2.75, 3.05) is 31.7 Å². The Hall–Kier alpha value is -0.720. The van der Waals surface area contributed by atoms with E-state index in [0.717, 1.165) is 17.4 Å². The molecule has 1 aromatic rings. The van der Waals surface area contributed by atoms with Crippen molar-refractivity contribution in [3.8, 4) is 0 Å². The van der Waals surface area contributed by atoms with E-state index in [0.29, 0.717) is 19.2 Å². The molecule has 0 saturated heterocycles. The lowest BCUT2D eigenvalue weighted by molar-refractivity contribution is 0.0921. The molecule has 0 aliphatic rings. The molecular formula is C9H14BrN3O2. The highest BCUT2D eigenvalue weighted by molar-refractivity contribution is 9.10. The summed E-state index contributed by atoms with van der Waals surface area (Å²) >= 11 is 3.26. The summed E-state index contributed by atoms with van der Waals surface area (Å²) < 4.78 is 5.96. The molecule has 0 aromatic carbocycles. The van der Waals surface area contributed by atoms with Gasteiger partial charge in [0, 0.05) is 25.5 Å². The zero-order chi connectivity index (χ0) is 10.9. The van der Waals surface area contributed by atoms with Gasteiger partial charge in [-0.2, -0.15) is 0 Å². The van der Waals surface area contributed by atoms with Crippen LogP contribution in [-0.2, 0) is 4.74 Å². The van der Waals surface area contributed by atoms with E-state index in [-0.39, 0.29) is 6.61 Å². The van der Waals surface area contributed by atoms with Gasteiger partial charge in [0.2, 0.25) is 5.95 Å². The summed E-state index contributed by atoms with van der Waals surface area (Å²) in [6.45, 7) is 1.86. The van der Waals surface area contributed by atoms with Gasteiger partial charge in [0.1, 0.15) is 0 Å². The zero-order valence-corrected chi connectivity index (χ0v) is 9.90. The van der Waals surface area contributed by atoms with Crippen LogP contribution in [0.25, 0.3) is 0 Å². The number of nitrogens with one attached hydrogen (secondary N) is 1. The van der Waals surface area contributed by atoms with Gasteiger partial charge in [-0.3, -0.25) is 0 Å². The molecule has 0 aliphatic carbocycles. The van der Waals surface area contributed by atoms with Gasteiger partial charge >= 0.3 is 0 Å². The fourth-order valence-electron chi connectivity index (χ4n) is 0.945. The molecule has 1 heterocycles. The summed E-state index contributed by atoms with van der Waals surface area (Å²) in [4.78, 5) is 8.12. The molecule has 0 unspecified atom stereocenters. The summed E-state index contributed by atoms with van der Waals surface area (Å²) in [7, 11) is 0. The molecule has 0 radical (unpaired) electrons. The quantitative estimate of drug-likeness (QED) is 0.729. The summed E-state index contributed by atoms with van der Waals surface area (Å²) in [5, 5.41) is 11.5. The maximum Gasteiger partial charge on any atom is 0.222 e. The third-order valence-corrected chi connectivity index (χ3v) is 2.01. The number of ether oxygens (including phenoxy) is 1. The molecule has 15 heavy (non-hydrogen) atoms. The van der Waals surface area contributed by atoms with E-state index < -0.39 is 0 Å². The van der Waals surface area contributed by atoms with Crippen LogP contribution in [0.3, 0.4) is 0 Å². The summed E-state index contributed by atoms with van der Waals surface area (Å²) in [6, 6.07) is 0. The first-order chi connectivity index (χ1) is 7.33. The van der Waals surface area contributed by atoms with Gasteiger partial charge in [-0.15, -0.1) is 0 Å². The molecule has 2 N–H and O–H groups in total. The van der Waals surface area contributed by atoms with Crippen molar-refractivity contribution >= 4 is 21.9 Å². The summed E-state index contributed by atoms with van der Waals surface area (Å²) in [5.74, 6) is 0.611. The predicted molar refractivity (Wildman–Crippen MR) is 60.7 cm³/mol. The highest BCUT2D eigenvalue weighted by atomic mass is 79.9. The highest BCUT2D eigenvalue weighted by Gasteiger charge is 1.94. The lowest BCUT2D eigenvalue weighted by atomic mass is 10.4. The van der Waals surface area contributed by atoms with Gasteiger partial charge in [-0.25, -0.2) is 9.97 Å². The van der Waals surface area contributed by atoms with E-state index in [9.17, 15) is 0 Å². The van der Waals surface area contributed by atoms with E-state index in [2.05, 4.69) is 31.2 Å². The first kappa shape index (κ1) is 12.4. The molecule has 0 aliphatic heterocycles. The molecule has 84 valence electrons. The average molecular weight is 276 g/mol. The first-order valence-electron chi connectivity index (χ1n) is 4.73. The Balaban J connectivity index is 2.07. The fraction of sp³-hybridized carbons (Fsp3) is 0.556. The van der Waals surface area contributed by atoms with Crippen molar-refractivity contribution in [1.29, 1.82) is 0 Å². The van der Waals surface area contributed by atoms with E-state index in [1.165, 1.54) is 0 Å². The maximum atomic E-state index is 8.46. The first-order valence-corrected chi connectivity index (χ1v) is 5.52. The van der Waals surface area contributed by atoms with Crippen LogP contribution in [-0.4, -0.2) is 41.4 Å². The molecule has 0 bridgehead atoms. The zero-order valence-electron chi connectivity index (χ0n) is 8.32. The Kier molecular flexibility index (Phi) is 6.22. The number of aromatic nitrogens is 2. The number of hydrogen-bond donors (Lipinski definition) is 2. The lowest BCUT2D eigenvalue weighted by Crippen LogP contribution is -2.09. The molecule has 0 atom stereocenters. The van der Waals surface area contributed by atoms with Crippen LogP contribution < -0.4 is 5.32 Å². The van der Waals surface area contributed by atoms with Crippen LogP contribution in [0.5, 0.6) is 0 Å². The van der Waals surface area contributed by atoms with Crippen LogP contribution in [0.2, 0.25) is 0 Å². The van der Waals surface area contributed by atoms with Gasteiger partial charge in [0.05, 0.1) is 17.7 Å². The van der Waals surface area contributed by atoms with E-state index >= 15 is 0 Å². The third kappa shape index (κ3) is 5.66. The highest BCUT2D eigenvalue weighted by Crippen LogP contribution is 2.06. The second-order valence-electron chi connectivity index (χ2n) is 2.84. The van der Waals surface area contributed by atoms with Crippen LogP contribution in [0.15, 0.2) is 16.9 Å². The normalized spacial score (nSPS) is 10.3. The SMILES string of the molecule is OCCOCCCNc1ncc(Br)cn1. The Morgan fingerprint density at radius 2 is 2.07 bits per heavy atom.